The Morgan fingerprint density at radius 3 is 2.76 bits per heavy atom. The number of nitrogens with one attached hydrogen (secondary N) is 1. The molecule has 2 aliphatic rings. The zero-order chi connectivity index (χ0) is 23.2. The number of carbonyl (C=O) groups excluding carboxylic acids is 1. The highest BCUT2D eigenvalue weighted by Crippen LogP contribution is 2.28. The van der Waals surface area contributed by atoms with E-state index < -0.39 is 6.17 Å². The summed E-state index contributed by atoms with van der Waals surface area (Å²) in [5.74, 6) is 0.130. The molecule has 1 fully saturated rings. The number of hydrogen-bond donors (Lipinski definition) is 1. The van der Waals surface area contributed by atoms with Gasteiger partial charge in [0.15, 0.2) is 0 Å². The van der Waals surface area contributed by atoms with Gasteiger partial charge >= 0.3 is 0 Å². The number of halogens is 1. The second kappa shape index (κ2) is 10.7. The van der Waals surface area contributed by atoms with E-state index in [-0.39, 0.29) is 18.3 Å². The number of morpholine rings is 1. The van der Waals surface area contributed by atoms with E-state index in [4.69, 9.17) is 14.2 Å². The van der Waals surface area contributed by atoms with Gasteiger partial charge in [0.1, 0.15) is 24.3 Å². The number of anilines is 2. The van der Waals surface area contributed by atoms with E-state index in [1.807, 2.05) is 36.1 Å². The number of allylic oxidation sites excluding steroid dienone is 1. The first-order valence-corrected chi connectivity index (χ1v) is 11.2. The number of benzene rings is 2. The molecular formula is C25H30FN3O4. The largest absolute Gasteiger partial charge is 0.489 e. The third kappa shape index (κ3) is 5.64. The molecule has 33 heavy (non-hydrogen) atoms. The topological polar surface area (TPSA) is 63.3 Å². The van der Waals surface area contributed by atoms with Gasteiger partial charge in [-0.15, -0.1) is 0 Å². The van der Waals surface area contributed by atoms with Gasteiger partial charge in [-0.1, -0.05) is 12.1 Å². The molecule has 0 spiro atoms. The Morgan fingerprint density at radius 2 is 2.00 bits per heavy atom. The van der Waals surface area contributed by atoms with Crippen molar-refractivity contribution in [2.75, 3.05) is 56.4 Å². The molecule has 4 rings (SSSR count). The lowest BCUT2D eigenvalue weighted by atomic mass is 10.1. The summed E-state index contributed by atoms with van der Waals surface area (Å²) in [5.41, 5.74) is 2.85. The van der Waals surface area contributed by atoms with E-state index in [1.54, 1.807) is 19.2 Å². The van der Waals surface area contributed by atoms with Gasteiger partial charge < -0.3 is 24.4 Å². The Kier molecular flexibility index (Phi) is 7.47. The molecule has 8 heteroatoms. The molecule has 0 aliphatic carbocycles. The fraction of sp³-hybridized carbons (Fsp3) is 0.400. The number of nitrogens with zero attached hydrogens (tertiary/aromatic N) is 2. The third-order valence-corrected chi connectivity index (χ3v) is 5.75. The number of amides is 1. The summed E-state index contributed by atoms with van der Waals surface area (Å²) in [6.45, 7) is 5.10. The molecular weight excluding hydrogens is 425 g/mol. The smallest absolute Gasteiger partial charge is 0.254 e. The van der Waals surface area contributed by atoms with Gasteiger partial charge in [-0.25, -0.2) is 4.39 Å². The number of ether oxygens (including phenoxy) is 3. The molecule has 2 aliphatic heterocycles. The van der Waals surface area contributed by atoms with Crippen molar-refractivity contribution in [3.8, 4) is 5.75 Å². The SMILES string of the molecule is COCCc1cccc(OCC2NC(C)=CC(=O)N2c2ccc(N3CCOCC3)c(F)c2)c1. The lowest BCUT2D eigenvalue weighted by Gasteiger charge is -2.36. The normalized spacial score (nSPS) is 18.7. The minimum Gasteiger partial charge on any atom is -0.489 e. The predicted molar refractivity (Wildman–Crippen MR) is 125 cm³/mol. The number of methoxy groups -OCH3 is 1. The van der Waals surface area contributed by atoms with E-state index in [0.717, 1.165) is 17.7 Å². The Balaban J connectivity index is 1.51. The van der Waals surface area contributed by atoms with Crippen molar-refractivity contribution in [2.24, 2.45) is 0 Å². The van der Waals surface area contributed by atoms with Gasteiger partial charge in [-0.3, -0.25) is 9.69 Å². The van der Waals surface area contributed by atoms with Gasteiger partial charge in [0.25, 0.3) is 5.91 Å². The lowest BCUT2D eigenvalue weighted by Crippen LogP contribution is -2.54. The van der Waals surface area contributed by atoms with Crippen LogP contribution >= 0.6 is 0 Å². The van der Waals surface area contributed by atoms with Crippen LogP contribution in [-0.2, 0) is 20.7 Å². The molecule has 176 valence electrons. The van der Waals surface area contributed by atoms with Crippen molar-refractivity contribution in [3.63, 3.8) is 0 Å². The van der Waals surface area contributed by atoms with Gasteiger partial charge in [0, 0.05) is 37.7 Å². The summed E-state index contributed by atoms with van der Waals surface area (Å²) < 4.78 is 31.5. The van der Waals surface area contributed by atoms with Gasteiger partial charge in [-0.2, -0.15) is 0 Å². The quantitative estimate of drug-likeness (QED) is 0.660. The van der Waals surface area contributed by atoms with Crippen molar-refractivity contribution < 1.29 is 23.4 Å². The Hall–Kier alpha value is -3.10. The van der Waals surface area contributed by atoms with Gasteiger partial charge in [-0.05, 0) is 49.2 Å². The van der Waals surface area contributed by atoms with Gasteiger partial charge in [0.2, 0.25) is 0 Å². The van der Waals surface area contributed by atoms with E-state index >= 15 is 4.39 Å². The van der Waals surface area contributed by atoms with Crippen LogP contribution in [0.3, 0.4) is 0 Å². The Bertz CT molecular complexity index is 1010. The zero-order valence-electron chi connectivity index (χ0n) is 19.1. The maximum atomic E-state index is 15.0. The van der Waals surface area contributed by atoms with E-state index in [0.29, 0.717) is 50.0 Å². The molecule has 1 amide bonds. The summed E-state index contributed by atoms with van der Waals surface area (Å²) in [4.78, 5) is 16.4. The van der Waals surface area contributed by atoms with Crippen LogP contribution in [0.15, 0.2) is 54.2 Å². The molecule has 0 saturated carbocycles. The van der Waals surface area contributed by atoms with Crippen molar-refractivity contribution in [2.45, 2.75) is 19.5 Å². The number of carbonyl (C=O) groups is 1. The molecule has 2 aromatic carbocycles. The molecule has 1 atom stereocenters. The van der Waals surface area contributed by atoms with E-state index in [1.165, 1.54) is 17.0 Å². The molecule has 2 aromatic rings. The first-order valence-electron chi connectivity index (χ1n) is 11.2. The summed E-state index contributed by atoms with van der Waals surface area (Å²) in [6.07, 6.45) is 1.82. The second-order valence-electron chi connectivity index (χ2n) is 8.13. The monoisotopic (exact) mass is 455 g/mol. The third-order valence-electron chi connectivity index (χ3n) is 5.75. The summed E-state index contributed by atoms with van der Waals surface area (Å²) in [7, 11) is 1.67. The maximum Gasteiger partial charge on any atom is 0.254 e. The summed E-state index contributed by atoms with van der Waals surface area (Å²) >= 11 is 0. The van der Waals surface area contributed by atoms with Crippen molar-refractivity contribution in [1.82, 2.24) is 5.32 Å². The van der Waals surface area contributed by atoms with Crippen LogP contribution in [0.4, 0.5) is 15.8 Å². The van der Waals surface area contributed by atoms with E-state index in [9.17, 15) is 4.79 Å². The van der Waals surface area contributed by atoms with Crippen LogP contribution in [-0.4, -0.2) is 58.7 Å². The van der Waals surface area contributed by atoms with Crippen LogP contribution in [0, 0.1) is 5.82 Å². The van der Waals surface area contributed by atoms with Crippen LogP contribution < -0.4 is 19.9 Å². The fourth-order valence-electron chi connectivity index (χ4n) is 4.09. The van der Waals surface area contributed by atoms with Crippen LogP contribution in [0.5, 0.6) is 5.75 Å². The summed E-state index contributed by atoms with van der Waals surface area (Å²) in [5, 5.41) is 3.28. The highest BCUT2D eigenvalue weighted by atomic mass is 19.1. The molecule has 7 nitrogen and oxygen atoms in total. The highest BCUT2D eigenvalue weighted by molar-refractivity contribution is 6.03. The average molecular weight is 456 g/mol. The van der Waals surface area contributed by atoms with Crippen LogP contribution in [0.1, 0.15) is 12.5 Å². The minimum absolute atomic E-state index is 0.206. The highest BCUT2D eigenvalue weighted by Gasteiger charge is 2.30. The van der Waals surface area contributed by atoms with Crippen molar-refractivity contribution in [1.29, 1.82) is 0 Å². The standard InChI is InChI=1S/C25H30FN3O4/c1-18-14-25(30)29(20-6-7-23(22(26)16-20)28-9-12-32-13-10-28)24(27-18)17-33-21-5-3-4-19(15-21)8-11-31-2/h3-7,14-16,24,27H,8-13,17H2,1-2H3. The molecule has 0 bridgehead atoms. The zero-order valence-corrected chi connectivity index (χ0v) is 19.1. The Morgan fingerprint density at radius 1 is 1.18 bits per heavy atom. The molecule has 0 aromatic heterocycles. The molecule has 0 radical (unpaired) electrons. The summed E-state index contributed by atoms with van der Waals surface area (Å²) in [6, 6.07) is 12.7. The van der Waals surface area contributed by atoms with E-state index in [2.05, 4.69) is 5.32 Å². The van der Waals surface area contributed by atoms with Gasteiger partial charge in [0.05, 0.1) is 25.5 Å². The molecule has 2 heterocycles. The molecule has 1 saturated heterocycles. The first kappa shape index (κ1) is 23.1. The van der Waals surface area contributed by atoms with Crippen LogP contribution in [0.2, 0.25) is 0 Å². The second-order valence-corrected chi connectivity index (χ2v) is 8.13. The average Bonchev–Trinajstić information content (AvgIpc) is 2.82. The molecule has 1 unspecified atom stereocenters. The molecule has 1 N–H and O–H groups in total. The number of rotatable bonds is 8. The Labute approximate surface area is 193 Å². The lowest BCUT2D eigenvalue weighted by molar-refractivity contribution is -0.115. The van der Waals surface area contributed by atoms with Crippen LogP contribution in [0.25, 0.3) is 0 Å². The fourth-order valence-corrected chi connectivity index (χ4v) is 4.09. The maximum absolute atomic E-state index is 15.0. The minimum atomic E-state index is -0.473. The predicted octanol–water partition coefficient (Wildman–Crippen LogP) is 3.10. The first-order chi connectivity index (χ1) is 16.0. The van der Waals surface area contributed by atoms with Crippen molar-refractivity contribution in [3.05, 3.63) is 65.6 Å². The van der Waals surface area contributed by atoms with Crippen molar-refractivity contribution >= 4 is 17.3 Å². The number of hydrogen-bond acceptors (Lipinski definition) is 6.